The lowest BCUT2D eigenvalue weighted by Crippen LogP contribution is -2.40. The highest BCUT2D eigenvalue weighted by Gasteiger charge is 2.26. The average molecular weight is 341 g/mol. The number of nitrogen functional groups attached to an aromatic ring is 1. The highest BCUT2D eigenvalue weighted by molar-refractivity contribution is 5.93. The third kappa shape index (κ3) is 4.57. The van der Waals surface area contributed by atoms with Crippen LogP contribution in [0.2, 0.25) is 0 Å². The van der Waals surface area contributed by atoms with Crippen LogP contribution in [0.4, 0.5) is 15.8 Å². The predicted molar refractivity (Wildman–Crippen MR) is 98.6 cm³/mol. The highest BCUT2D eigenvalue weighted by atomic mass is 19.1. The van der Waals surface area contributed by atoms with Gasteiger partial charge in [0.15, 0.2) is 0 Å². The minimum absolute atomic E-state index is 0.0256. The molecule has 1 heterocycles. The fourth-order valence-corrected chi connectivity index (χ4v) is 3.32. The van der Waals surface area contributed by atoms with Crippen LogP contribution in [0.1, 0.15) is 24.0 Å². The van der Waals surface area contributed by atoms with Gasteiger partial charge in [-0.2, -0.15) is 0 Å². The molecule has 2 aromatic rings. The zero-order valence-corrected chi connectivity index (χ0v) is 14.5. The zero-order chi connectivity index (χ0) is 17.8. The van der Waals surface area contributed by atoms with Crippen molar-refractivity contribution in [1.29, 1.82) is 0 Å². The van der Waals surface area contributed by atoms with E-state index in [1.807, 2.05) is 25.1 Å². The number of carbonyl (C=O) groups excluding carboxylic acids is 1. The molecule has 1 unspecified atom stereocenters. The Hall–Kier alpha value is -2.40. The summed E-state index contributed by atoms with van der Waals surface area (Å²) >= 11 is 0. The van der Waals surface area contributed by atoms with Crippen LogP contribution in [0.25, 0.3) is 0 Å². The molecule has 3 N–H and O–H groups in total. The molecule has 0 spiro atoms. The van der Waals surface area contributed by atoms with E-state index >= 15 is 0 Å². The Morgan fingerprint density at radius 1 is 1.32 bits per heavy atom. The van der Waals surface area contributed by atoms with Gasteiger partial charge in [0.05, 0.1) is 5.92 Å². The fraction of sp³-hybridized carbons (Fsp3) is 0.350. The maximum atomic E-state index is 13.3. The lowest BCUT2D eigenvalue weighted by molar-refractivity contribution is -0.121. The Balaban J connectivity index is 1.62. The number of anilines is 2. The number of hydrogen-bond donors (Lipinski definition) is 2. The summed E-state index contributed by atoms with van der Waals surface area (Å²) in [6, 6.07) is 12.2. The SMILES string of the molecule is Cc1ccc(N)cc1NC(=O)C1CCCN(Cc2cccc(F)c2)C1. The van der Waals surface area contributed by atoms with Crippen molar-refractivity contribution in [2.45, 2.75) is 26.3 Å². The first kappa shape index (κ1) is 17.4. The van der Waals surface area contributed by atoms with Gasteiger partial charge in [-0.25, -0.2) is 4.39 Å². The molecule has 4 nitrogen and oxygen atoms in total. The number of nitrogens with two attached hydrogens (primary N) is 1. The molecule has 132 valence electrons. The number of piperidine rings is 1. The second-order valence-electron chi connectivity index (χ2n) is 6.77. The molecule has 1 aliphatic heterocycles. The molecule has 0 radical (unpaired) electrons. The quantitative estimate of drug-likeness (QED) is 0.836. The van der Waals surface area contributed by atoms with E-state index in [9.17, 15) is 9.18 Å². The molecular formula is C20H24FN3O. The van der Waals surface area contributed by atoms with Gasteiger partial charge in [0.2, 0.25) is 5.91 Å². The third-order valence-corrected chi connectivity index (χ3v) is 4.69. The summed E-state index contributed by atoms with van der Waals surface area (Å²) in [4.78, 5) is 14.9. The monoisotopic (exact) mass is 341 g/mol. The van der Waals surface area contributed by atoms with Crippen LogP contribution in [-0.4, -0.2) is 23.9 Å². The molecule has 3 rings (SSSR count). The van der Waals surface area contributed by atoms with Crippen molar-refractivity contribution in [2.24, 2.45) is 5.92 Å². The molecule has 0 aromatic heterocycles. The summed E-state index contributed by atoms with van der Waals surface area (Å²) in [5, 5.41) is 3.01. The van der Waals surface area contributed by atoms with Crippen molar-refractivity contribution in [3.63, 3.8) is 0 Å². The van der Waals surface area contributed by atoms with Crippen LogP contribution in [0, 0.1) is 18.7 Å². The van der Waals surface area contributed by atoms with Gasteiger partial charge >= 0.3 is 0 Å². The second-order valence-corrected chi connectivity index (χ2v) is 6.77. The van der Waals surface area contributed by atoms with Gasteiger partial charge in [0, 0.05) is 24.5 Å². The molecule has 25 heavy (non-hydrogen) atoms. The van der Waals surface area contributed by atoms with Gasteiger partial charge in [0.1, 0.15) is 5.82 Å². The van der Waals surface area contributed by atoms with E-state index in [4.69, 9.17) is 5.73 Å². The number of amides is 1. The summed E-state index contributed by atoms with van der Waals surface area (Å²) in [5.74, 6) is -0.262. The Morgan fingerprint density at radius 3 is 2.96 bits per heavy atom. The Morgan fingerprint density at radius 2 is 2.16 bits per heavy atom. The van der Waals surface area contributed by atoms with Crippen molar-refractivity contribution in [2.75, 3.05) is 24.1 Å². The molecule has 1 atom stereocenters. The molecule has 1 saturated heterocycles. The summed E-state index contributed by atoms with van der Waals surface area (Å²) in [7, 11) is 0. The standard InChI is InChI=1S/C20H24FN3O/c1-14-7-8-18(22)11-19(14)23-20(25)16-5-3-9-24(13-16)12-15-4-2-6-17(21)10-15/h2,4,6-8,10-11,16H,3,5,9,12-13,22H2,1H3,(H,23,25). The molecule has 0 saturated carbocycles. The van der Waals surface area contributed by atoms with Gasteiger partial charge in [-0.15, -0.1) is 0 Å². The summed E-state index contributed by atoms with van der Waals surface area (Å²) in [6.45, 7) is 4.23. The van der Waals surface area contributed by atoms with Crippen molar-refractivity contribution < 1.29 is 9.18 Å². The average Bonchev–Trinajstić information content (AvgIpc) is 2.58. The smallest absolute Gasteiger partial charge is 0.228 e. The van der Waals surface area contributed by atoms with Crippen molar-refractivity contribution in [1.82, 2.24) is 4.90 Å². The number of nitrogens with zero attached hydrogens (tertiary/aromatic N) is 1. The fourth-order valence-electron chi connectivity index (χ4n) is 3.32. The van der Waals surface area contributed by atoms with Crippen molar-refractivity contribution >= 4 is 17.3 Å². The van der Waals surface area contributed by atoms with Crippen LogP contribution < -0.4 is 11.1 Å². The van der Waals surface area contributed by atoms with E-state index in [-0.39, 0.29) is 17.6 Å². The van der Waals surface area contributed by atoms with Crippen LogP contribution >= 0.6 is 0 Å². The van der Waals surface area contributed by atoms with E-state index in [1.165, 1.54) is 6.07 Å². The van der Waals surface area contributed by atoms with Crippen molar-refractivity contribution in [3.8, 4) is 0 Å². The van der Waals surface area contributed by atoms with Gasteiger partial charge in [-0.05, 0) is 61.7 Å². The first-order valence-corrected chi connectivity index (χ1v) is 8.65. The number of halogens is 1. The second kappa shape index (κ2) is 7.66. The van der Waals surface area contributed by atoms with Crippen LogP contribution in [0.15, 0.2) is 42.5 Å². The zero-order valence-electron chi connectivity index (χ0n) is 14.5. The Labute approximate surface area is 147 Å². The summed E-state index contributed by atoms with van der Waals surface area (Å²) < 4.78 is 13.3. The van der Waals surface area contributed by atoms with E-state index in [2.05, 4.69) is 10.2 Å². The number of hydrogen-bond acceptors (Lipinski definition) is 3. The predicted octanol–water partition coefficient (Wildman–Crippen LogP) is 3.57. The summed E-state index contributed by atoms with van der Waals surface area (Å²) in [6.07, 6.45) is 1.83. The van der Waals surface area contributed by atoms with Gasteiger partial charge in [-0.1, -0.05) is 18.2 Å². The molecule has 1 amide bonds. The van der Waals surface area contributed by atoms with Gasteiger partial charge in [-0.3, -0.25) is 9.69 Å². The number of aryl methyl sites for hydroxylation is 1. The molecule has 0 aliphatic carbocycles. The molecule has 1 aliphatic rings. The number of benzene rings is 2. The van der Waals surface area contributed by atoms with Crippen LogP contribution in [0.3, 0.4) is 0 Å². The van der Waals surface area contributed by atoms with E-state index in [0.29, 0.717) is 18.8 Å². The number of likely N-dealkylation sites (tertiary alicyclic amines) is 1. The normalized spacial score (nSPS) is 18.1. The number of rotatable bonds is 4. The van der Waals surface area contributed by atoms with E-state index in [1.54, 1.807) is 18.2 Å². The molecule has 5 heteroatoms. The number of nitrogens with one attached hydrogen (secondary N) is 1. The van der Waals surface area contributed by atoms with Gasteiger partial charge in [0.25, 0.3) is 0 Å². The minimum atomic E-state index is -0.221. The third-order valence-electron chi connectivity index (χ3n) is 4.69. The van der Waals surface area contributed by atoms with Crippen molar-refractivity contribution in [3.05, 3.63) is 59.4 Å². The molecule has 2 aromatic carbocycles. The lowest BCUT2D eigenvalue weighted by Gasteiger charge is -2.32. The highest BCUT2D eigenvalue weighted by Crippen LogP contribution is 2.23. The Kier molecular flexibility index (Phi) is 5.34. The summed E-state index contributed by atoms with van der Waals surface area (Å²) in [5.41, 5.74) is 9.15. The Bertz CT molecular complexity index is 762. The van der Waals surface area contributed by atoms with Crippen LogP contribution in [0.5, 0.6) is 0 Å². The molecule has 0 bridgehead atoms. The first-order chi connectivity index (χ1) is 12.0. The number of carbonyl (C=O) groups is 1. The van der Waals surface area contributed by atoms with E-state index < -0.39 is 0 Å². The minimum Gasteiger partial charge on any atom is -0.399 e. The molecular weight excluding hydrogens is 317 g/mol. The largest absolute Gasteiger partial charge is 0.399 e. The molecule has 1 fully saturated rings. The maximum Gasteiger partial charge on any atom is 0.228 e. The maximum absolute atomic E-state index is 13.3. The van der Waals surface area contributed by atoms with Gasteiger partial charge < -0.3 is 11.1 Å². The first-order valence-electron chi connectivity index (χ1n) is 8.65. The van der Waals surface area contributed by atoms with Crippen LogP contribution in [-0.2, 0) is 11.3 Å². The topological polar surface area (TPSA) is 58.4 Å². The van der Waals surface area contributed by atoms with E-state index in [0.717, 1.165) is 36.2 Å². The lowest BCUT2D eigenvalue weighted by atomic mass is 9.96.